The van der Waals surface area contributed by atoms with E-state index in [0.29, 0.717) is 0 Å². The van der Waals surface area contributed by atoms with Gasteiger partial charge in [0.1, 0.15) is 24.4 Å². The molecular formula is C21H29NO5Si. The fourth-order valence-corrected chi connectivity index (χ4v) is 4.47. The fourth-order valence-electron chi connectivity index (χ4n) is 3.24. The maximum absolute atomic E-state index is 12.5. The number of hydroxylamine groups is 2. The molecule has 1 aromatic rings. The van der Waals surface area contributed by atoms with Crippen molar-refractivity contribution in [2.24, 2.45) is 0 Å². The summed E-state index contributed by atoms with van der Waals surface area (Å²) in [5.41, 5.74) is -0.149. The number of hydrogen-bond donors (Lipinski definition) is 1. The number of carbonyl (C=O) groups excluding carboxylic acids is 2. The van der Waals surface area contributed by atoms with Crippen LogP contribution in [0.4, 0.5) is 0 Å². The quantitative estimate of drug-likeness (QED) is 0.604. The van der Waals surface area contributed by atoms with Gasteiger partial charge >= 0.3 is 0 Å². The van der Waals surface area contributed by atoms with Crippen molar-refractivity contribution in [3.63, 3.8) is 0 Å². The largest absolute Gasteiger partial charge is 0.404 e. The highest BCUT2D eigenvalue weighted by molar-refractivity contribution is 6.74. The lowest BCUT2D eigenvalue weighted by Gasteiger charge is -2.54. The maximum atomic E-state index is 12.5. The SMILES string of the molecule is CC(C)(C)[Si](C)(C)OC1C(=O)C=CC2(CC(=O)N2OCc2ccccc2)C1O. The Hall–Kier alpha value is -1.80. The molecule has 1 amide bonds. The predicted octanol–water partition coefficient (Wildman–Crippen LogP) is 2.98. The van der Waals surface area contributed by atoms with Crippen molar-refractivity contribution >= 4 is 20.0 Å². The monoisotopic (exact) mass is 403 g/mol. The first-order valence-corrected chi connectivity index (χ1v) is 12.5. The van der Waals surface area contributed by atoms with Crippen LogP contribution in [-0.2, 0) is 25.5 Å². The van der Waals surface area contributed by atoms with Gasteiger partial charge in [0.2, 0.25) is 5.91 Å². The minimum Gasteiger partial charge on any atom is -0.404 e. The molecule has 152 valence electrons. The number of amides is 1. The van der Waals surface area contributed by atoms with E-state index >= 15 is 0 Å². The number of benzene rings is 1. The molecule has 1 N–H and O–H groups in total. The molecule has 1 spiro atoms. The van der Waals surface area contributed by atoms with Gasteiger partial charge in [-0.2, -0.15) is 0 Å². The lowest BCUT2D eigenvalue weighted by Crippen LogP contribution is -2.73. The van der Waals surface area contributed by atoms with E-state index < -0.39 is 26.1 Å². The number of hydrogen-bond acceptors (Lipinski definition) is 5. The molecule has 0 bridgehead atoms. The van der Waals surface area contributed by atoms with Crippen LogP contribution in [0.2, 0.25) is 18.1 Å². The molecule has 0 saturated carbocycles. The van der Waals surface area contributed by atoms with Gasteiger partial charge in [-0.3, -0.25) is 14.4 Å². The molecule has 1 aliphatic carbocycles. The lowest BCUT2D eigenvalue weighted by atomic mass is 9.74. The zero-order valence-electron chi connectivity index (χ0n) is 17.1. The van der Waals surface area contributed by atoms with E-state index in [1.54, 1.807) is 6.08 Å². The summed E-state index contributed by atoms with van der Waals surface area (Å²) < 4.78 is 6.24. The third-order valence-corrected chi connectivity index (χ3v) is 10.5. The summed E-state index contributed by atoms with van der Waals surface area (Å²) in [4.78, 5) is 30.5. The van der Waals surface area contributed by atoms with Crippen LogP contribution in [0.1, 0.15) is 32.8 Å². The van der Waals surface area contributed by atoms with Crippen molar-refractivity contribution in [3.05, 3.63) is 48.0 Å². The van der Waals surface area contributed by atoms with E-state index in [2.05, 4.69) is 20.8 Å². The Labute approximate surface area is 167 Å². The Balaban J connectivity index is 1.80. The molecule has 28 heavy (non-hydrogen) atoms. The van der Waals surface area contributed by atoms with Gasteiger partial charge in [-0.25, -0.2) is 5.06 Å². The minimum atomic E-state index is -2.30. The number of rotatable bonds is 5. The summed E-state index contributed by atoms with van der Waals surface area (Å²) in [5.74, 6) is -0.495. The maximum Gasteiger partial charge on any atom is 0.249 e. The van der Waals surface area contributed by atoms with Crippen LogP contribution in [0.25, 0.3) is 0 Å². The van der Waals surface area contributed by atoms with Crippen molar-refractivity contribution in [2.75, 3.05) is 0 Å². The second kappa shape index (κ2) is 7.22. The standard InChI is InChI=1S/C21H29NO5Si/c1-20(2,3)28(4,5)27-18-16(23)11-12-21(19(18)25)13-17(24)22(21)26-14-15-9-7-6-8-10-15/h6-12,18-19,25H,13-14H2,1-5H3. The number of nitrogens with zero attached hydrogens (tertiary/aromatic N) is 1. The van der Waals surface area contributed by atoms with Crippen molar-refractivity contribution in [2.45, 2.75) is 69.7 Å². The molecule has 3 unspecified atom stereocenters. The molecule has 1 heterocycles. The zero-order valence-corrected chi connectivity index (χ0v) is 18.1. The highest BCUT2D eigenvalue weighted by Gasteiger charge is 2.61. The van der Waals surface area contributed by atoms with E-state index in [1.165, 1.54) is 11.1 Å². The van der Waals surface area contributed by atoms with Crippen LogP contribution >= 0.6 is 0 Å². The average Bonchev–Trinajstić information content (AvgIpc) is 2.61. The van der Waals surface area contributed by atoms with Gasteiger partial charge in [-0.05, 0) is 35.8 Å². The lowest BCUT2D eigenvalue weighted by molar-refractivity contribution is -0.274. The first kappa shape index (κ1) is 20.9. The van der Waals surface area contributed by atoms with E-state index in [4.69, 9.17) is 9.26 Å². The van der Waals surface area contributed by atoms with E-state index in [1.807, 2.05) is 43.4 Å². The van der Waals surface area contributed by atoms with Gasteiger partial charge in [0.25, 0.3) is 0 Å². The van der Waals surface area contributed by atoms with E-state index in [9.17, 15) is 14.7 Å². The predicted molar refractivity (Wildman–Crippen MR) is 108 cm³/mol. The molecule has 1 saturated heterocycles. The summed E-state index contributed by atoms with van der Waals surface area (Å²) in [5, 5.41) is 12.2. The molecule has 3 rings (SSSR count). The molecule has 7 heteroatoms. The summed E-state index contributed by atoms with van der Waals surface area (Å²) in [6.07, 6.45) is 0.909. The van der Waals surface area contributed by atoms with Crippen LogP contribution in [0.15, 0.2) is 42.5 Å². The smallest absolute Gasteiger partial charge is 0.249 e. The zero-order chi connectivity index (χ0) is 20.7. The Morgan fingerprint density at radius 1 is 1.21 bits per heavy atom. The summed E-state index contributed by atoms with van der Waals surface area (Å²) in [6.45, 7) is 10.5. The van der Waals surface area contributed by atoms with Gasteiger partial charge < -0.3 is 9.53 Å². The molecule has 1 aromatic carbocycles. The molecule has 2 aliphatic rings. The molecule has 6 nitrogen and oxygen atoms in total. The third kappa shape index (κ3) is 3.59. The molecule has 0 radical (unpaired) electrons. The molecule has 1 aliphatic heterocycles. The number of aliphatic hydroxyl groups is 1. The number of carbonyl (C=O) groups is 2. The Morgan fingerprint density at radius 3 is 2.43 bits per heavy atom. The van der Waals surface area contributed by atoms with Crippen molar-refractivity contribution in [1.82, 2.24) is 5.06 Å². The van der Waals surface area contributed by atoms with Crippen LogP contribution < -0.4 is 0 Å². The molecule has 0 aromatic heterocycles. The van der Waals surface area contributed by atoms with Crippen LogP contribution in [0, 0.1) is 0 Å². The third-order valence-electron chi connectivity index (χ3n) is 6.09. The van der Waals surface area contributed by atoms with Gasteiger partial charge in [-0.15, -0.1) is 0 Å². The number of aliphatic hydroxyl groups excluding tert-OH is 1. The van der Waals surface area contributed by atoms with E-state index in [-0.39, 0.29) is 29.8 Å². The van der Waals surface area contributed by atoms with Crippen molar-refractivity contribution in [3.8, 4) is 0 Å². The molecular weight excluding hydrogens is 374 g/mol. The Morgan fingerprint density at radius 2 is 1.86 bits per heavy atom. The fraction of sp³-hybridized carbons (Fsp3) is 0.524. The second-order valence-electron chi connectivity index (χ2n) is 9.09. The topological polar surface area (TPSA) is 76.1 Å². The van der Waals surface area contributed by atoms with Gasteiger partial charge in [0.05, 0.1) is 6.42 Å². The Bertz CT molecular complexity index is 786. The summed E-state index contributed by atoms with van der Waals surface area (Å²) in [6, 6.07) is 9.49. The average molecular weight is 404 g/mol. The second-order valence-corrected chi connectivity index (χ2v) is 13.9. The minimum absolute atomic E-state index is 0.0874. The first-order chi connectivity index (χ1) is 13.0. The van der Waals surface area contributed by atoms with Crippen LogP contribution in [0.5, 0.6) is 0 Å². The summed E-state index contributed by atoms with van der Waals surface area (Å²) >= 11 is 0. The summed E-state index contributed by atoms with van der Waals surface area (Å²) in [7, 11) is -2.30. The van der Waals surface area contributed by atoms with Gasteiger partial charge in [0.15, 0.2) is 14.1 Å². The highest BCUT2D eigenvalue weighted by Crippen LogP contribution is 2.44. The van der Waals surface area contributed by atoms with Gasteiger partial charge in [0, 0.05) is 0 Å². The van der Waals surface area contributed by atoms with Crippen molar-refractivity contribution < 1.29 is 24.0 Å². The highest BCUT2D eigenvalue weighted by atomic mass is 28.4. The first-order valence-electron chi connectivity index (χ1n) is 9.57. The van der Waals surface area contributed by atoms with E-state index in [0.717, 1.165) is 5.56 Å². The number of ketones is 1. The molecule has 3 atom stereocenters. The van der Waals surface area contributed by atoms with Crippen LogP contribution in [0.3, 0.4) is 0 Å². The van der Waals surface area contributed by atoms with Crippen LogP contribution in [-0.4, -0.2) is 47.9 Å². The van der Waals surface area contributed by atoms with Gasteiger partial charge in [-0.1, -0.05) is 51.1 Å². The van der Waals surface area contributed by atoms with Crippen molar-refractivity contribution in [1.29, 1.82) is 0 Å². The number of β-lactam (4-membered cyclic amide) rings is 1. The Kier molecular flexibility index (Phi) is 5.40. The normalized spacial score (nSPS) is 28.0. The molecule has 1 fully saturated rings.